The zero-order valence-corrected chi connectivity index (χ0v) is 16.5. The molecule has 0 aliphatic heterocycles. The molecular weight excluding hydrogens is 374 g/mol. The van der Waals surface area contributed by atoms with Gasteiger partial charge in [-0.15, -0.1) is 11.3 Å². The van der Waals surface area contributed by atoms with E-state index in [4.69, 9.17) is 5.11 Å². The minimum absolute atomic E-state index is 0.0133. The average molecular weight is 398 g/mol. The monoisotopic (exact) mass is 397 g/mol. The highest BCUT2D eigenvalue weighted by atomic mass is 32.1. The summed E-state index contributed by atoms with van der Waals surface area (Å²) in [6.07, 6.45) is 0.985. The van der Waals surface area contributed by atoms with Crippen molar-refractivity contribution in [2.45, 2.75) is 31.8 Å². The number of carbonyl (C=O) groups excluding carboxylic acids is 1. The number of amides is 2. The van der Waals surface area contributed by atoms with Gasteiger partial charge < -0.3 is 15.3 Å². The number of fused-ring (bicyclic) bond motifs is 1. The molecule has 0 spiro atoms. The highest BCUT2D eigenvalue weighted by molar-refractivity contribution is 7.18. The fraction of sp³-hybridized carbons (Fsp3) is 0.286. The number of hydrogen-bond acceptors (Lipinski definition) is 4. The van der Waals surface area contributed by atoms with Gasteiger partial charge in [0.15, 0.2) is 0 Å². The van der Waals surface area contributed by atoms with Gasteiger partial charge in [0.25, 0.3) is 0 Å². The minimum Gasteiger partial charge on any atom is -0.481 e. The van der Waals surface area contributed by atoms with Crippen molar-refractivity contribution >= 4 is 33.6 Å². The molecule has 0 aliphatic carbocycles. The Morgan fingerprint density at radius 2 is 1.86 bits per heavy atom. The second-order valence-corrected chi connectivity index (χ2v) is 7.82. The van der Waals surface area contributed by atoms with Crippen LogP contribution in [0.2, 0.25) is 0 Å². The Hall–Kier alpha value is -2.93. The van der Waals surface area contributed by atoms with Crippen LogP contribution >= 0.6 is 11.3 Å². The molecule has 0 aliphatic rings. The highest BCUT2D eigenvalue weighted by Crippen LogP contribution is 2.22. The summed E-state index contributed by atoms with van der Waals surface area (Å²) in [6.45, 7) is 0.405. The molecule has 0 saturated carbocycles. The van der Waals surface area contributed by atoms with E-state index in [0.717, 1.165) is 20.8 Å². The summed E-state index contributed by atoms with van der Waals surface area (Å²) in [6, 6.07) is 17.2. The number of aliphatic carboxylic acids is 1. The van der Waals surface area contributed by atoms with Crippen LogP contribution in [0.5, 0.6) is 0 Å². The van der Waals surface area contributed by atoms with Crippen LogP contribution in [0.1, 0.15) is 23.4 Å². The summed E-state index contributed by atoms with van der Waals surface area (Å²) >= 11 is 1.57. The number of carboxylic acid groups (broad SMARTS) is 1. The summed E-state index contributed by atoms with van der Waals surface area (Å²) in [5, 5.41) is 12.8. The van der Waals surface area contributed by atoms with Crippen molar-refractivity contribution in [3.05, 3.63) is 65.2 Å². The van der Waals surface area contributed by atoms with Gasteiger partial charge in [0, 0.05) is 19.5 Å². The number of rotatable bonds is 8. The summed E-state index contributed by atoms with van der Waals surface area (Å²) in [7, 11) is 1.72. The predicted molar refractivity (Wildman–Crippen MR) is 110 cm³/mol. The lowest BCUT2D eigenvalue weighted by Crippen LogP contribution is -2.44. The van der Waals surface area contributed by atoms with Gasteiger partial charge >= 0.3 is 12.0 Å². The number of urea groups is 1. The first-order valence-corrected chi connectivity index (χ1v) is 9.94. The summed E-state index contributed by atoms with van der Waals surface area (Å²) in [5.41, 5.74) is 1.99. The molecule has 2 aromatic carbocycles. The zero-order valence-electron chi connectivity index (χ0n) is 15.7. The first-order chi connectivity index (χ1) is 13.5. The van der Waals surface area contributed by atoms with Crippen molar-refractivity contribution in [3.8, 4) is 0 Å². The summed E-state index contributed by atoms with van der Waals surface area (Å²) < 4.78 is 1.09. The van der Waals surface area contributed by atoms with Gasteiger partial charge in [0.1, 0.15) is 5.01 Å². The van der Waals surface area contributed by atoms with Crippen molar-refractivity contribution in [1.29, 1.82) is 0 Å². The molecule has 1 aromatic heterocycles. The number of aromatic nitrogens is 1. The maximum atomic E-state index is 12.7. The summed E-state index contributed by atoms with van der Waals surface area (Å²) in [4.78, 5) is 29.8. The van der Waals surface area contributed by atoms with Crippen LogP contribution in [0.3, 0.4) is 0 Å². The van der Waals surface area contributed by atoms with Crippen molar-refractivity contribution in [3.63, 3.8) is 0 Å². The van der Waals surface area contributed by atoms with Crippen molar-refractivity contribution < 1.29 is 14.7 Å². The standard InChI is InChI=1S/C21H23N3O3S/c1-24(14-19-23-17-9-5-6-10-18(17)28-19)21(27)22-16(11-12-20(25)26)13-15-7-3-2-4-8-15/h2-10,16H,11-14H2,1H3,(H,22,27)(H,25,26). The van der Waals surface area contributed by atoms with Gasteiger partial charge in [0.2, 0.25) is 0 Å². The Morgan fingerprint density at radius 1 is 1.14 bits per heavy atom. The fourth-order valence-electron chi connectivity index (χ4n) is 2.97. The van der Waals surface area contributed by atoms with E-state index < -0.39 is 5.97 Å². The number of para-hydroxylation sites is 1. The van der Waals surface area contributed by atoms with Crippen molar-refractivity contribution in [2.75, 3.05) is 7.05 Å². The zero-order chi connectivity index (χ0) is 19.9. The number of hydrogen-bond donors (Lipinski definition) is 2. The van der Waals surface area contributed by atoms with E-state index in [1.807, 2.05) is 54.6 Å². The molecule has 3 aromatic rings. The molecule has 0 radical (unpaired) electrons. The topological polar surface area (TPSA) is 82.5 Å². The molecule has 0 saturated heterocycles. The lowest BCUT2D eigenvalue weighted by Gasteiger charge is -2.23. The molecule has 7 heteroatoms. The van der Waals surface area contributed by atoms with Crippen molar-refractivity contribution in [1.82, 2.24) is 15.2 Å². The number of nitrogens with one attached hydrogen (secondary N) is 1. The number of carboxylic acids is 1. The highest BCUT2D eigenvalue weighted by Gasteiger charge is 2.18. The number of thiazole rings is 1. The molecule has 1 unspecified atom stereocenters. The maximum absolute atomic E-state index is 12.7. The lowest BCUT2D eigenvalue weighted by molar-refractivity contribution is -0.137. The van der Waals surface area contributed by atoms with Gasteiger partial charge in [-0.25, -0.2) is 9.78 Å². The summed E-state index contributed by atoms with van der Waals surface area (Å²) in [5.74, 6) is -0.866. The van der Waals surface area contributed by atoms with Gasteiger partial charge in [0.05, 0.1) is 16.8 Å². The molecule has 1 heterocycles. The Morgan fingerprint density at radius 3 is 2.57 bits per heavy atom. The van der Waals surface area contributed by atoms with E-state index in [-0.39, 0.29) is 18.5 Å². The second-order valence-electron chi connectivity index (χ2n) is 6.70. The average Bonchev–Trinajstić information content (AvgIpc) is 3.09. The van der Waals surface area contributed by atoms with Crippen LogP contribution < -0.4 is 5.32 Å². The van der Waals surface area contributed by atoms with Crippen LogP contribution in [0, 0.1) is 0 Å². The smallest absolute Gasteiger partial charge is 0.317 e. The second kappa shape index (κ2) is 9.32. The first kappa shape index (κ1) is 19.8. The van der Waals surface area contributed by atoms with Gasteiger partial charge in [-0.05, 0) is 30.5 Å². The van der Waals surface area contributed by atoms with Crippen LogP contribution in [-0.2, 0) is 17.8 Å². The lowest BCUT2D eigenvalue weighted by atomic mass is 10.0. The van der Waals surface area contributed by atoms with Crippen LogP contribution in [0.25, 0.3) is 10.2 Å². The van der Waals surface area contributed by atoms with E-state index in [9.17, 15) is 9.59 Å². The molecule has 2 amide bonds. The van der Waals surface area contributed by atoms with Crippen LogP contribution in [0.4, 0.5) is 4.79 Å². The number of benzene rings is 2. The van der Waals surface area contributed by atoms with Crippen LogP contribution in [0.15, 0.2) is 54.6 Å². The Bertz CT molecular complexity index is 909. The van der Waals surface area contributed by atoms with Crippen LogP contribution in [-0.4, -0.2) is 40.1 Å². The van der Waals surface area contributed by atoms with E-state index in [1.54, 1.807) is 23.3 Å². The molecule has 0 fully saturated rings. The quantitative estimate of drug-likeness (QED) is 0.604. The molecule has 0 bridgehead atoms. The van der Waals surface area contributed by atoms with E-state index in [1.165, 1.54) is 0 Å². The largest absolute Gasteiger partial charge is 0.481 e. The third-order valence-corrected chi connectivity index (χ3v) is 5.44. The molecule has 146 valence electrons. The molecule has 2 N–H and O–H groups in total. The van der Waals surface area contributed by atoms with Crippen molar-refractivity contribution in [2.24, 2.45) is 0 Å². The molecule has 28 heavy (non-hydrogen) atoms. The number of nitrogens with zero attached hydrogens (tertiary/aromatic N) is 2. The molecule has 1 atom stereocenters. The van der Waals surface area contributed by atoms with E-state index >= 15 is 0 Å². The molecule has 3 rings (SSSR count). The van der Waals surface area contributed by atoms with E-state index in [0.29, 0.717) is 19.4 Å². The maximum Gasteiger partial charge on any atom is 0.317 e. The minimum atomic E-state index is -0.866. The Kier molecular flexibility index (Phi) is 6.60. The van der Waals surface area contributed by atoms with Gasteiger partial charge in [-0.1, -0.05) is 42.5 Å². The predicted octanol–water partition coefficient (Wildman–Crippen LogP) is 3.91. The SMILES string of the molecule is CN(Cc1nc2ccccc2s1)C(=O)NC(CCC(=O)O)Cc1ccccc1. The fourth-order valence-corrected chi connectivity index (χ4v) is 3.99. The molecular formula is C21H23N3O3S. The van der Waals surface area contributed by atoms with Gasteiger partial charge in [-0.2, -0.15) is 0 Å². The van der Waals surface area contributed by atoms with Gasteiger partial charge in [-0.3, -0.25) is 4.79 Å². The number of carbonyl (C=O) groups is 2. The Labute approximate surface area is 167 Å². The Balaban J connectivity index is 1.62. The van der Waals surface area contributed by atoms with E-state index in [2.05, 4.69) is 10.3 Å². The third kappa shape index (κ3) is 5.53. The third-order valence-electron chi connectivity index (χ3n) is 4.42. The normalized spacial score (nSPS) is 11.9. The first-order valence-electron chi connectivity index (χ1n) is 9.13. The molecule has 6 nitrogen and oxygen atoms in total.